The minimum absolute atomic E-state index is 0.0529. The smallest absolute Gasteiger partial charge is 0.427 e. The predicted molar refractivity (Wildman–Crippen MR) is 131 cm³/mol. The number of nitrogens with two attached hydrogens (primary N) is 2. The number of unbranched alkanes of at least 4 members (excludes halogenated alkanes) is 1. The lowest BCUT2D eigenvalue weighted by Crippen LogP contribution is -2.44. The Labute approximate surface area is 201 Å². The summed E-state index contributed by atoms with van der Waals surface area (Å²) >= 11 is 0. The fraction of sp³-hybridized carbons (Fsp3) is 0.565. The lowest BCUT2D eigenvalue weighted by molar-refractivity contribution is 0.0427. The molecule has 0 aliphatic rings. The van der Waals surface area contributed by atoms with Gasteiger partial charge >= 0.3 is 12.2 Å². The molecule has 190 valence electrons. The second-order valence-electron chi connectivity index (χ2n) is 9.37. The number of allylic oxidation sites excluding steroid dienone is 2. The van der Waals surface area contributed by atoms with Crippen LogP contribution in [-0.2, 0) is 9.47 Å². The maximum atomic E-state index is 12.9. The Hall–Kier alpha value is -3.50. The highest BCUT2D eigenvalue weighted by Crippen LogP contribution is 2.26. The summed E-state index contributed by atoms with van der Waals surface area (Å²) < 4.78 is 16.5. The van der Waals surface area contributed by atoms with Gasteiger partial charge < -0.3 is 31.0 Å². The third kappa shape index (κ3) is 10.4. The van der Waals surface area contributed by atoms with Crippen molar-refractivity contribution in [3.63, 3.8) is 0 Å². The number of rotatable bonds is 9. The molecule has 0 saturated carbocycles. The summed E-state index contributed by atoms with van der Waals surface area (Å²) in [5, 5.41) is 3.15. The lowest BCUT2D eigenvalue weighted by Gasteiger charge is -2.27. The highest BCUT2D eigenvalue weighted by molar-refractivity contribution is 6.08. The zero-order valence-corrected chi connectivity index (χ0v) is 21.2. The van der Waals surface area contributed by atoms with Gasteiger partial charge in [-0.15, -0.1) is 4.90 Å². The van der Waals surface area contributed by atoms with Crippen molar-refractivity contribution in [2.24, 2.45) is 11.5 Å². The minimum Gasteiger partial charge on any atom is -0.482 e. The zero-order chi connectivity index (χ0) is 25.9. The van der Waals surface area contributed by atoms with Crippen molar-refractivity contribution in [1.82, 2.24) is 9.97 Å². The minimum atomic E-state index is -0.962. The number of hydrogen-bond acceptors (Lipinski definition) is 10. The number of hydrogen-bond donors (Lipinski definition) is 3. The highest BCUT2D eigenvalue weighted by atomic mass is 16.6. The van der Waals surface area contributed by atoms with Crippen LogP contribution in [0.5, 0.6) is 5.75 Å². The number of carbonyl (C=O) groups excluding carboxylic acids is 2. The molecule has 11 nitrogen and oxygen atoms in total. The van der Waals surface area contributed by atoms with Crippen LogP contribution in [0, 0.1) is 0 Å². The number of ether oxygens (including phenoxy) is 3. The van der Waals surface area contributed by atoms with Gasteiger partial charge in [-0.05, 0) is 66.3 Å². The first kappa shape index (κ1) is 28.5. The van der Waals surface area contributed by atoms with Crippen molar-refractivity contribution in [2.45, 2.75) is 72.5 Å². The van der Waals surface area contributed by atoms with Crippen molar-refractivity contribution in [3.05, 3.63) is 30.2 Å². The maximum absolute atomic E-state index is 12.9. The van der Waals surface area contributed by atoms with Crippen molar-refractivity contribution in [2.75, 3.05) is 23.4 Å². The van der Waals surface area contributed by atoms with Gasteiger partial charge in [0.1, 0.15) is 17.8 Å². The number of imide groups is 1. The largest absolute Gasteiger partial charge is 0.482 e. The van der Waals surface area contributed by atoms with Gasteiger partial charge in [0.05, 0.1) is 6.20 Å². The van der Waals surface area contributed by atoms with Gasteiger partial charge in [-0.1, -0.05) is 13.3 Å². The lowest BCUT2D eigenvalue weighted by atomic mass is 10.2. The molecule has 0 bridgehead atoms. The molecule has 5 N–H and O–H groups in total. The van der Waals surface area contributed by atoms with E-state index in [-0.39, 0.29) is 18.4 Å². The first-order chi connectivity index (χ1) is 15.8. The Morgan fingerprint density at radius 3 is 2.21 bits per heavy atom. The van der Waals surface area contributed by atoms with Gasteiger partial charge in [0.25, 0.3) is 0 Å². The summed E-state index contributed by atoms with van der Waals surface area (Å²) in [7, 11) is 0. The average molecular weight is 479 g/mol. The average Bonchev–Trinajstić information content (AvgIpc) is 2.69. The standard InChI is InChI=1S/C23H38N6O5/c1-8-9-13-26-18-17(32-15-16(25)11-10-12-24)14-27-19(28-18)29(20(30)33-22(2,3)4)21(31)34-23(5,6)7/h10-12,14H,8-9,13,15,24-25H2,1-7H3,(H,26,27,28)/b12-10-,16-11-. The summed E-state index contributed by atoms with van der Waals surface area (Å²) in [5.74, 6) is 0.364. The van der Waals surface area contributed by atoms with Gasteiger partial charge in [0, 0.05) is 12.2 Å². The fourth-order valence-electron chi connectivity index (χ4n) is 2.33. The van der Waals surface area contributed by atoms with E-state index in [0.717, 1.165) is 12.8 Å². The Kier molecular flexibility index (Phi) is 10.6. The molecule has 0 aliphatic heterocycles. The van der Waals surface area contributed by atoms with Crippen LogP contribution >= 0.6 is 0 Å². The van der Waals surface area contributed by atoms with Crippen LogP contribution in [0.15, 0.2) is 30.2 Å². The number of carbonyl (C=O) groups is 2. The number of nitrogens with one attached hydrogen (secondary N) is 1. The summed E-state index contributed by atoms with van der Waals surface area (Å²) in [6.07, 6.45) is 5.78. The topological polar surface area (TPSA) is 155 Å². The SMILES string of the molecule is CCCCNc1nc(N(C(=O)OC(C)(C)C)C(=O)OC(C)(C)C)ncc1OC/C(N)=C/C=C\N. The third-order valence-electron chi connectivity index (χ3n) is 3.73. The first-order valence-electron chi connectivity index (χ1n) is 11.1. The van der Waals surface area contributed by atoms with E-state index in [2.05, 4.69) is 15.3 Å². The van der Waals surface area contributed by atoms with Crippen molar-refractivity contribution >= 4 is 24.0 Å². The van der Waals surface area contributed by atoms with E-state index < -0.39 is 23.4 Å². The van der Waals surface area contributed by atoms with Crippen LogP contribution in [-0.4, -0.2) is 46.5 Å². The molecule has 0 aromatic carbocycles. The maximum Gasteiger partial charge on any atom is 0.427 e. The first-order valence-corrected chi connectivity index (χ1v) is 11.1. The molecule has 0 radical (unpaired) electrons. The number of nitrogens with zero attached hydrogens (tertiary/aromatic N) is 3. The molecule has 0 saturated heterocycles. The van der Waals surface area contributed by atoms with Crippen molar-refractivity contribution in [3.8, 4) is 5.75 Å². The molecule has 0 unspecified atom stereocenters. The van der Waals surface area contributed by atoms with Crippen LogP contribution in [0.1, 0.15) is 61.3 Å². The molecule has 0 fully saturated rings. The van der Waals surface area contributed by atoms with Crippen LogP contribution in [0.3, 0.4) is 0 Å². The summed E-state index contributed by atoms with van der Waals surface area (Å²) in [6.45, 7) is 12.8. The van der Waals surface area contributed by atoms with Crippen LogP contribution in [0.25, 0.3) is 0 Å². The van der Waals surface area contributed by atoms with Gasteiger partial charge in [-0.3, -0.25) is 0 Å². The van der Waals surface area contributed by atoms with Gasteiger partial charge in [-0.25, -0.2) is 14.6 Å². The molecule has 1 heterocycles. The summed E-state index contributed by atoms with van der Waals surface area (Å²) in [5.41, 5.74) is 9.92. The molecule has 0 spiro atoms. The van der Waals surface area contributed by atoms with E-state index >= 15 is 0 Å². The molecule has 11 heteroatoms. The highest BCUT2D eigenvalue weighted by Gasteiger charge is 2.35. The second kappa shape index (κ2) is 12.7. The van der Waals surface area contributed by atoms with Crippen molar-refractivity contribution < 1.29 is 23.8 Å². The van der Waals surface area contributed by atoms with E-state index in [0.29, 0.717) is 22.9 Å². The Balaban J connectivity index is 3.36. The molecule has 1 rings (SSSR count). The van der Waals surface area contributed by atoms with Crippen LogP contribution in [0.2, 0.25) is 0 Å². The van der Waals surface area contributed by atoms with E-state index in [1.54, 1.807) is 53.7 Å². The van der Waals surface area contributed by atoms with E-state index in [1.165, 1.54) is 12.4 Å². The van der Waals surface area contributed by atoms with Gasteiger partial charge in [0.15, 0.2) is 11.6 Å². The predicted octanol–water partition coefficient (Wildman–Crippen LogP) is 4.06. The summed E-state index contributed by atoms with van der Waals surface area (Å²) in [6, 6.07) is 0. The third-order valence-corrected chi connectivity index (χ3v) is 3.73. The van der Waals surface area contributed by atoms with Crippen LogP contribution < -0.4 is 26.4 Å². The molecule has 0 atom stereocenters. The Bertz CT molecular complexity index is 859. The quantitative estimate of drug-likeness (QED) is 0.349. The molecule has 1 aromatic rings. The van der Waals surface area contributed by atoms with Gasteiger partial charge in [-0.2, -0.15) is 4.98 Å². The van der Waals surface area contributed by atoms with Crippen molar-refractivity contribution in [1.29, 1.82) is 0 Å². The zero-order valence-electron chi connectivity index (χ0n) is 21.2. The van der Waals surface area contributed by atoms with E-state index in [4.69, 9.17) is 25.7 Å². The Morgan fingerprint density at radius 1 is 1.12 bits per heavy atom. The summed E-state index contributed by atoms with van der Waals surface area (Å²) in [4.78, 5) is 35.0. The van der Waals surface area contributed by atoms with Crippen LogP contribution in [0.4, 0.5) is 21.4 Å². The Morgan fingerprint density at radius 2 is 1.71 bits per heavy atom. The normalized spacial score (nSPS) is 12.4. The molecule has 2 amide bonds. The molecule has 1 aromatic heterocycles. The molecular weight excluding hydrogens is 440 g/mol. The van der Waals surface area contributed by atoms with Gasteiger partial charge in [0.2, 0.25) is 5.95 Å². The monoisotopic (exact) mass is 478 g/mol. The molecule has 0 aliphatic carbocycles. The van der Waals surface area contributed by atoms with E-state index in [9.17, 15) is 9.59 Å². The molecular formula is C23H38N6O5. The number of anilines is 2. The second-order valence-corrected chi connectivity index (χ2v) is 9.37. The fourth-order valence-corrected chi connectivity index (χ4v) is 2.33. The van der Waals surface area contributed by atoms with E-state index in [1.807, 2.05) is 6.92 Å². The number of aromatic nitrogens is 2. The number of amides is 2. The molecule has 34 heavy (non-hydrogen) atoms.